The highest BCUT2D eigenvalue weighted by Gasteiger charge is 2.22. The summed E-state index contributed by atoms with van der Waals surface area (Å²) in [5.41, 5.74) is 1.53. The Hall–Kier alpha value is -2.39. The monoisotopic (exact) mass is 458 g/mol. The zero-order valence-electron chi connectivity index (χ0n) is 17.5. The molecule has 2 aromatic heterocycles. The number of hydrogen-bond donors (Lipinski definition) is 2. The van der Waals surface area contributed by atoms with Crippen LogP contribution in [0.2, 0.25) is 0 Å². The molecule has 0 radical (unpaired) electrons. The zero-order valence-corrected chi connectivity index (χ0v) is 19.1. The van der Waals surface area contributed by atoms with Gasteiger partial charge in [0.2, 0.25) is 5.91 Å². The number of nitrogens with one attached hydrogen (secondary N) is 2. The first kappa shape index (κ1) is 21.8. The Labute approximate surface area is 189 Å². The molecule has 164 valence electrons. The van der Waals surface area contributed by atoms with Crippen LogP contribution in [0.25, 0.3) is 11.0 Å². The Balaban J connectivity index is 1.37. The molecule has 1 aromatic carbocycles. The Bertz CT molecular complexity index is 1060. The van der Waals surface area contributed by atoms with Crippen molar-refractivity contribution >= 4 is 45.9 Å². The van der Waals surface area contributed by atoms with Crippen LogP contribution in [0.4, 0.5) is 0 Å². The first-order valence-corrected chi connectivity index (χ1v) is 12.4. The summed E-state index contributed by atoms with van der Waals surface area (Å²) in [6.45, 7) is 2.69. The fourth-order valence-corrected chi connectivity index (χ4v) is 5.69. The third-order valence-electron chi connectivity index (χ3n) is 5.44. The predicted molar refractivity (Wildman–Crippen MR) is 122 cm³/mol. The summed E-state index contributed by atoms with van der Waals surface area (Å²) >= 11 is 3.07. The minimum absolute atomic E-state index is 0.0992. The van der Waals surface area contributed by atoms with Crippen LogP contribution in [0, 0.1) is 12.8 Å². The van der Waals surface area contributed by atoms with Gasteiger partial charge in [-0.05, 0) is 25.8 Å². The van der Waals surface area contributed by atoms with Crippen molar-refractivity contribution in [3.63, 3.8) is 0 Å². The van der Waals surface area contributed by atoms with Crippen molar-refractivity contribution in [1.29, 1.82) is 0 Å². The lowest BCUT2D eigenvalue weighted by Crippen LogP contribution is -2.38. The summed E-state index contributed by atoms with van der Waals surface area (Å²) in [5, 5.41) is 15.8. The first-order chi connectivity index (χ1) is 15.1. The molecular formula is C22H26N4O3S2. The van der Waals surface area contributed by atoms with E-state index >= 15 is 0 Å². The van der Waals surface area contributed by atoms with Crippen LogP contribution >= 0.6 is 23.1 Å². The zero-order chi connectivity index (χ0) is 21.6. The maximum absolute atomic E-state index is 12.8. The van der Waals surface area contributed by atoms with E-state index in [9.17, 15) is 9.59 Å². The predicted octanol–water partition coefficient (Wildman–Crippen LogP) is 4.31. The first-order valence-electron chi connectivity index (χ1n) is 10.6. The molecule has 7 nitrogen and oxygen atoms in total. The van der Waals surface area contributed by atoms with E-state index in [1.165, 1.54) is 17.8 Å². The van der Waals surface area contributed by atoms with Crippen molar-refractivity contribution < 1.29 is 14.0 Å². The summed E-state index contributed by atoms with van der Waals surface area (Å²) in [7, 11) is 0. The van der Waals surface area contributed by atoms with Gasteiger partial charge in [0.05, 0.1) is 0 Å². The topological polar surface area (TPSA) is 97.1 Å². The quantitative estimate of drug-likeness (QED) is 0.386. The lowest BCUT2D eigenvalue weighted by atomic mass is 9.89. The number of hydrogen-bond acceptors (Lipinski definition) is 7. The number of fused-ring (bicyclic) bond motifs is 1. The van der Waals surface area contributed by atoms with Crippen molar-refractivity contribution in [3.05, 3.63) is 40.6 Å². The molecule has 2 heterocycles. The van der Waals surface area contributed by atoms with E-state index in [4.69, 9.17) is 4.42 Å². The van der Waals surface area contributed by atoms with Crippen LogP contribution in [0.3, 0.4) is 0 Å². The van der Waals surface area contributed by atoms with E-state index in [1.807, 2.05) is 31.2 Å². The minimum atomic E-state index is -0.271. The second-order valence-corrected chi connectivity index (χ2v) is 10.1. The molecule has 0 unspecified atom stereocenters. The van der Waals surface area contributed by atoms with E-state index in [-0.39, 0.29) is 17.7 Å². The fourth-order valence-electron chi connectivity index (χ4n) is 3.85. The molecule has 9 heteroatoms. The van der Waals surface area contributed by atoms with Gasteiger partial charge in [0.15, 0.2) is 10.1 Å². The minimum Gasteiger partial charge on any atom is -0.451 e. The number of para-hydroxylation sites is 1. The van der Waals surface area contributed by atoms with Crippen molar-refractivity contribution in [1.82, 2.24) is 20.8 Å². The lowest BCUT2D eigenvalue weighted by Gasteiger charge is -2.20. The number of amides is 2. The van der Waals surface area contributed by atoms with Crippen molar-refractivity contribution in [2.24, 2.45) is 5.92 Å². The Morgan fingerprint density at radius 3 is 2.68 bits per heavy atom. The largest absolute Gasteiger partial charge is 0.451 e. The van der Waals surface area contributed by atoms with Gasteiger partial charge >= 0.3 is 0 Å². The second-order valence-electron chi connectivity index (χ2n) is 7.66. The number of carbonyl (C=O) groups is 2. The molecule has 4 rings (SSSR count). The van der Waals surface area contributed by atoms with Crippen LogP contribution in [-0.2, 0) is 10.5 Å². The maximum Gasteiger partial charge on any atom is 0.287 e. The van der Waals surface area contributed by atoms with Crippen molar-refractivity contribution in [2.45, 2.75) is 49.1 Å². The average molecular weight is 459 g/mol. The molecule has 1 fully saturated rings. The van der Waals surface area contributed by atoms with Gasteiger partial charge < -0.3 is 15.1 Å². The summed E-state index contributed by atoms with van der Waals surface area (Å²) < 4.78 is 6.74. The molecule has 0 atom stereocenters. The van der Waals surface area contributed by atoms with Crippen molar-refractivity contribution in [2.75, 3.05) is 13.1 Å². The molecule has 2 N–H and O–H groups in total. The standard InChI is InChI=1S/C22H26N4O3S2/c1-14-25-26-22(31-14)30-13-17-16-9-5-6-10-18(16)29-19(17)21(28)24-12-11-23-20(27)15-7-3-2-4-8-15/h5-6,9-10,15H,2-4,7-8,11-13H2,1H3,(H,23,27)(H,24,28). The van der Waals surface area contributed by atoms with Crippen LogP contribution in [-0.4, -0.2) is 35.1 Å². The number of thioether (sulfide) groups is 1. The molecule has 2 amide bonds. The summed E-state index contributed by atoms with van der Waals surface area (Å²) in [4.78, 5) is 25.1. The third kappa shape index (κ3) is 5.46. The number of aromatic nitrogens is 2. The van der Waals surface area contributed by atoms with Gasteiger partial charge in [-0.1, -0.05) is 60.6 Å². The summed E-state index contributed by atoms with van der Waals surface area (Å²) in [6, 6.07) is 7.64. The van der Waals surface area contributed by atoms with Crippen molar-refractivity contribution in [3.8, 4) is 0 Å². The van der Waals surface area contributed by atoms with Gasteiger partial charge in [-0.25, -0.2) is 0 Å². The smallest absolute Gasteiger partial charge is 0.287 e. The molecule has 1 saturated carbocycles. The van der Waals surface area contributed by atoms with Gasteiger partial charge in [0.25, 0.3) is 5.91 Å². The number of rotatable bonds is 8. The van der Waals surface area contributed by atoms with Crippen LogP contribution < -0.4 is 10.6 Å². The van der Waals surface area contributed by atoms with Crippen LogP contribution in [0.15, 0.2) is 33.0 Å². The number of aryl methyl sites for hydroxylation is 1. The highest BCUT2D eigenvalue weighted by molar-refractivity contribution is 8.00. The van der Waals surface area contributed by atoms with E-state index in [2.05, 4.69) is 20.8 Å². The Morgan fingerprint density at radius 1 is 1.13 bits per heavy atom. The Kier molecular flexibility index (Phi) is 7.24. The highest BCUT2D eigenvalue weighted by atomic mass is 32.2. The fraction of sp³-hybridized carbons (Fsp3) is 0.455. The molecule has 31 heavy (non-hydrogen) atoms. The third-order valence-corrected chi connectivity index (χ3v) is 7.44. The van der Waals surface area contributed by atoms with Crippen LogP contribution in [0.5, 0.6) is 0 Å². The molecule has 3 aromatic rings. The molecular weight excluding hydrogens is 432 g/mol. The van der Waals surface area contributed by atoms with Gasteiger partial charge in [-0.3, -0.25) is 9.59 Å². The highest BCUT2D eigenvalue weighted by Crippen LogP contribution is 2.33. The van der Waals surface area contributed by atoms with E-state index in [0.717, 1.165) is 46.0 Å². The Morgan fingerprint density at radius 2 is 1.90 bits per heavy atom. The van der Waals surface area contributed by atoms with E-state index < -0.39 is 0 Å². The van der Waals surface area contributed by atoms with Crippen LogP contribution in [0.1, 0.15) is 53.2 Å². The number of furan rings is 1. The lowest BCUT2D eigenvalue weighted by molar-refractivity contribution is -0.125. The summed E-state index contributed by atoms with van der Waals surface area (Å²) in [6.07, 6.45) is 5.39. The molecule has 0 saturated heterocycles. The summed E-state index contributed by atoms with van der Waals surface area (Å²) in [5.74, 6) is 0.822. The SMILES string of the molecule is Cc1nnc(SCc2c(C(=O)NCCNC(=O)C3CCCCC3)oc3ccccc23)s1. The van der Waals surface area contributed by atoms with E-state index in [1.54, 1.807) is 11.8 Å². The average Bonchev–Trinajstić information content (AvgIpc) is 3.38. The molecule has 0 bridgehead atoms. The molecule has 0 aliphatic heterocycles. The number of carbonyl (C=O) groups excluding carboxylic acids is 2. The van der Waals surface area contributed by atoms with Gasteiger partial charge in [0.1, 0.15) is 10.6 Å². The van der Waals surface area contributed by atoms with E-state index in [0.29, 0.717) is 30.2 Å². The second kappa shape index (κ2) is 10.3. The molecule has 1 aliphatic rings. The number of benzene rings is 1. The maximum atomic E-state index is 12.8. The molecule has 1 aliphatic carbocycles. The van der Waals surface area contributed by atoms with Gasteiger partial charge in [0, 0.05) is 35.7 Å². The van der Waals surface area contributed by atoms with Gasteiger partial charge in [-0.15, -0.1) is 10.2 Å². The number of nitrogens with zero attached hydrogens (tertiary/aromatic N) is 2. The normalized spacial score (nSPS) is 14.6. The van der Waals surface area contributed by atoms with Gasteiger partial charge in [-0.2, -0.15) is 0 Å². The molecule has 0 spiro atoms.